The van der Waals surface area contributed by atoms with Gasteiger partial charge in [-0.1, -0.05) is 47.8 Å². The third-order valence-electron chi connectivity index (χ3n) is 3.97. The van der Waals surface area contributed by atoms with Crippen LogP contribution in [0.3, 0.4) is 0 Å². The highest BCUT2D eigenvalue weighted by Crippen LogP contribution is 2.28. The summed E-state index contributed by atoms with van der Waals surface area (Å²) < 4.78 is 0. The minimum atomic E-state index is 0.309. The summed E-state index contributed by atoms with van der Waals surface area (Å²) in [7, 11) is 0. The highest BCUT2D eigenvalue weighted by atomic mass is 35.5. The summed E-state index contributed by atoms with van der Waals surface area (Å²) in [5, 5.41) is 5.08. The van der Waals surface area contributed by atoms with Gasteiger partial charge in [0.25, 0.3) is 0 Å². The molecule has 0 amide bonds. The Kier molecular flexibility index (Phi) is 6.41. The molecule has 0 saturated carbocycles. The predicted molar refractivity (Wildman–Crippen MR) is 88.7 cm³/mol. The average molecular weight is 312 g/mol. The van der Waals surface area contributed by atoms with Crippen molar-refractivity contribution in [1.82, 2.24) is 5.32 Å². The molecule has 1 aliphatic rings. The van der Waals surface area contributed by atoms with E-state index in [1.54, 1.807) is 5.57 Å². The van der Waals surface area contributed by atoms with Crippen molar-refractivity contribution in [3.63, 3.8) is 0 Å². The van der Waals surface area contributed by atoms with Gasteiger partial charge in [0.1, 0.15) is 0 Å². The molecule has 110 valence electrons. The lowest BCUT2D eigenvalue weighted by molar-refractivity contribution is 0.515. The maximum absolute atomic E-state index is 6.29. The van der Waals surface area contributed by atoms with Crippen molar-refractivity contribution in [2.75, 3.05) is 6.54 Å². The van der Waals surface area contributed by atoms with Crippen molar-refractivity contribution in [2.24, 2.45) is 0 Å². The molecule has 0 aromatic heterocycles. The van der Waals surface area contributed by atoms with Crippen LogP contribution in [0.15, 0.2) is 29.8 Å². The van der Waals surface area contributed by atoms with Gasteiger partial charge in [-0.2, -0.15) is 0 Å². The van der Waals surface area contributed by atoms with E-state index < -0.39 is 0 Å². The molecule has 0 aliphatic heterocycles. The predicted octanol–water partition coefficient (Wildman–Crippen LogP) is 5.92. The van der Waals surface area contributed by atoms with E-state index in [0.29, 0.717) is 11.1 Å². The Morgan fingerprint density at radius 2 is 2.10 bits per heavy atom. The van der Waals surface area contributed by atoms with Crippen molar-refractivity contribution in [3.05, 3.63) is 45.5 Å². The molecule has 3 heteroatoms. The lowest BCUT2D eigenvalue weighted by Gasteiger charge is -2.20. The van der Waals surface area contributed by atoms with E-state index >= 15 is 0 Å². The van der Waals surface area contributed by atoms with E-state index in [1.807, 2.05) is 18.2 Å². The van der Waals surface area contributed by atoms with E-state index in [0.717, 1.165) is 30.0 Å². The highest BCUT2D eigenvalue weighted by Gasteiger charge is 2.13. The average Bonchev–Trinajstić information content (AvgIpc) is 2.46. The van der Waals surface area contributed by atoms with Gasteiger partial charge in [0, 0.05) is 16.1 Å². The van der Waals surface area contributed by atoms with Crippen LogP contribution >= 0.6 is 23.2 Å². The van der Waals surface area contributed by atoms with Crippen LogP contribution in [0.4, 0.5) is 0 Å². The van der Waals surface area contributed by atoms with Crippen molar-refractivity contribution >= 4 is 23.2 Å². The first-order chi connectivity index (χ1) is 9.70. The summed E-state index contributed by atoms with van der Waals surface area (Å²) in [5.74, 6) is 0. The second-order valence-electron chi connectivity index (χ2n) is 5.44. The maximum atomic E-state index is 6.29. The zero-order valence-corrected chi connectivity index (χ0v) is 13.6. The zero-order chi connectivity index (χ0) is 14.4. The van der Waals surface area contributed by atoms with Crippen molar-refractivity contribution in [2.45, 2.75) is 51.5 Å². The van der Waals surface area contributed by atoms with Crippen molar-refractivity contribution in [1.29, 1.82) is 0 Å². The van der Waals surface area contributed by atoms with Gasteiger partial charge < -0.3 is 5.32 Å². The normalized spacial score (nSPS) is 16.9. The molecule has 0 bridgehead atoms. The summed E-state index contributed by atoms with van der Waals surface area (Å²) in [4.78, 5) is 0. The number of nitrogens with one attached hydrogen (secondary N) is 1. The quantitative estimate of drug-likeness (QED) is 0.642. The Labute approximate surface area is 132 Å². The standard InChI is InChI=1S/C17H23Cl2N/c1-2-17(15-9-8-14(18)12-16(15)19)20-11-10-13-6-4-3-5-7-13/h6,8-9,12,17,20H,2-5,7,10-11H2,1H3. The second-order valence-corrected chi connectivity index (χ2v) is 6.28. The molecule has 1 aromatic carbocycles. The van der Waals surface area contributed by atoms with E-state index in [2.05, 4.69) is 18.3 Å². The van der Waals surface area contributed by atoms with Crippen LogP contribution in [0, 0.1) is 0 Å². The fourth-order valence-corrected chi connectivity index (χ4v) is 3.34. The molecule has 1 N–H and O–H groups in total. The minimum absolute atomic E-state index is 0.309. The SMILES string of the molecule is CCC(NCCC1=CCCCC1)c1ccc(Cl)cc1Cl. The minimum Gasteiger partial charge on any atom is -0.310 e. The molecule has 1 unspecified atom stereocenters. The molecule has 20 heavy (non-hydrogen) atoms. The number of benzene rings is 1. The fourth-order valence-electron chi connectivity index (χ4n) is 2.80. The summed E-state index contributed by atoms with van der Waals surface area (Å²) in [6.07, 6.45) is 9.85. The number of allylic oxidation sites excluding steroid dienone is 1. The molecule has 1 nitrogen and oxygen atoms in total. The van der Waals surface area contributed by atoms with Crippen LogP contribution < -0.4 is 5.32 Å². The van der Waals surface area contributed by atoms with E-state index in [4.69, 9.17) is 23.2 Å². The van der Waals surface area contributed by atoms with Crippen molar-refractivity contribution < 1.29 is 0 Å². The number of rotatable bonds is 6. The van der Waals surface area contributed by atoms with Gasteiger partial charge in [0.2, 0.25) is 0 Å². The Bertz CT molecular complexity index is 468. The topological polar surface area (TPSA) is 12.0 Å². The number of hydrogen-bond donors (Lipinski definition) is 1. The first-order valence-corrected chi connectivity index (χ1v) is 8.32. The third kappa shape index (κ3) is 4.51. The van der Waals surface area contributed by atoms with Crippen LogP contribution in [0.25, 0.3) is 0 Å². The molecule has 0 heterocycles. The van der Waals surface area contributed by atoms with Crippen LogP contribution in [0.1, 0.15) is 57.1 Å². The molecule has 1 aromatic rings. The summed E-state index contributed by atoms with van der Waals surface area (Å²) in [5.41, 5.74) is 2.76. The highest BCUT2D eigenvalue weighted by molar-refractivity contribution is 6.35. The van der Waals surface area contributed by atoms with Gasteiger partial charge in [-0.05, 0) is 62.8 Å². The Hall–Kier alpha value is -0.500. The molecule has 1 aliphatic carbocycles. The maximum Gasteiger partial charge on any atom is 0.0468 e. The largest absolute Gasteiger partial charge is 0.310 e. The number of hydrogen-bond acceptors (Lipinski definition) is 1. The molecule has 0 saturated heterocycles. The van der Waals surface area contributed by atoms with Gasteiger partial charge in [-0.3, -0.25) is 0 Å². The van der Waals surface area contributed by atoms with Crippen LogP contribution in [-0.4, -0.2) is 6.54 Å². The van der Waals surface area contributed by atoms with Crippen LogP contribution in [-0.2, 0) is 0 Å². The molecule has 0 fully saturated rings. The molecule has 0 spiro atoms. The number of halogens is 2. The molecule has 0 radical (unpaired) electrons. The van der Waals surface area contributed by atoms with Gasteiger partial charge in [-0.25, -0.2) is 0 Å². The van der Waals surface area contributed by atoms with Crippen LogP contribution in [0.2, 0.25) is 10.0 Å². The molecule has 2 rings (SSSR count). The smallest absolute Gasteiger partial charge is 0.0468 e. The summed E-state index contributed by atoms with van der Waals surface area (Å²) in [6.45, 7) is 3.20. The first-order valence-electron chi connectivity index (χ1n) is 7.57. The third-order valence-corrected chi connectivity index (χ3v) is 4.53. The van der Waals surface area contributed by atoms with Gasteiger partial charge in [0.15, 0.2) is 0 Å². The van der Waals surface area contributed by atoms with Gasteiger partial charge >= 0.3 is 0 Å². The first kappa shape index (κ1) is 15.9. The van der Waals surface area contributed by atoms with E-state index in [9.17, 15) is 0 Å². The van der Waals surface area contributed by atoms with Crippen LogP contribution in [0.5, 0.6) is 0 Å². The van der Waals surface area contributed by atoms with Crippen molar-refractivity contribution in [3.8, 4) is 0 Å². The molecule has 1 atom stereocenters. The van der Waals surface area contributed by atoms with Gasteiger partial charge in [0.05, 0.1) is 0 Å². The zero-order valence-electron chi connectivity index (χ0n) is 12.1. The lowest BCUT2D eigenvalue weighted by atomic mass is 9.97. The fraction of sp³-hybridized carbons (Fsp3) is 0.529. The lowest BCUT2D eigenvalue weighted by Crippen LogP contribution is -2.22. The Morgan fingerprint density at radius 1 is 1.25 bits per heavy atom. The second kappa shape index (κ2) is 8.07. The molecular weight excluding hydrogens is 289 g/mol. The Morgan fingerprint density at radius 3 is 2.75 bits per heavy atom. The van der Waals surface area contributed by atoms with Gasteiger partial charge in [-0.15, -0.1) is 0 Å². The summed E-state index contributed by atoms with van der Waals surface area (Å²) in [6, 6.07) is 6.08. The van der Waals surface area contributed by atoms with E-state index in [-0.39, 0.29) is 0 Å². The Balaban J connectivity index is 1.90. The summed E-state index contributed by atoms with van der Waals surface area (Å²) >= 11 is 12.3. The van der Waals surface area contributed by atoms with E-state index in [1.165, 1.54) is 25.7 Å². The molecular formula is C17H23Cl2N. The monoisotopic (exact) mass is 311 g/mol.